The van der Waals surface area contributed by atoms with Crippen molar-refractivity contribution in [2.75, 3.05) is 13.1 Å². The summed E-state index contributed by atoms with van der Waals surface area (Å²) in [5, 5.41) is 5.31. The van der Waals surface area contributed by atoms with Crippen molar-refractivity contribution in [3.05, 3.63) is 0 Å². The van der Waals surface area contributed by atoms with E-state index in [1.165, 1.54) is 6.92 Å². The first-order valence-electron chi connectivity index (χ1n) is 3.87. The van der Waals surface area contributed by atoms with E-state index in [4.69, 9.17) is 0 Å². The number of hydrogen-bond acceptors (Lipinski definition) is 2. The first-order chi connectivity index (χ1) is 5.61. The summed E-state index contributed by atoms with van der Waals surface area (Å²) in [4.78, 5) is 10.6. The second-order valence-electron chi connectivity index (χ2n) is 2.96. The Kier molecular flexibility index (Phi) is 2.97. The molecule has 1 aliphatic rings. The fourth-order valence-corrected chi connectivity index (χ4v) is 1.38. The van der Waals surface area contributed by atoms with Gasteiger partial charge in [0.1, 0.15) is 0 Å². The van der Waals surface area contributed by atoms with Gasteiger partial charge in [-0.2, -0.15) is 0 Å². The van der Waals surface area contributed by atoms with Crippen LogP contribution in [0.2, 0.25) is 0 Å². The third-order valence-corrected chi connectivity index (χ3v) is 1.97. The fraction of sp³-hybridized carbons (Fsp3) is 0.857. The molecule has 0 aromatic heterocycles. The molecule has 5 heteroatoms. The Morgan fingerprint density at radius 1 is 1.58 bits per heavy atom. The third-order valence-electron chi connectivity index (χ3n) is 1.97. The monoisotopic (exact) mass is 178 g/mol. The molecule has 3 nitrogen and oxygen atoms in total. The molecule has 0 spiro atoms. The zero-order chi connectivity index (χ0) is 9.14. The Bertz CT molecular complexity index is 175. The molecule has 1 fully saturated rings. The lowest BCUT2D eigenvalue weighted by molar-refractivity contribution is -0.120. The smallest absolute Gasteiger partial charge is 0.244 e. The van der Waals surface area contributed by atoms with Gasteiger partial charge in [0.15, 0.2) is 0 Å². The molecular weight excluding hydrogens is 166 g/mol. The van der Waals surface area contributed by atoms with Crippen LogP contribution in [0.1, 0.15) is 6.92 Å². The molecule has 2 atom stereocenters. The summed E-state index contributed by atoms with van der Waals surface area (Å²) in [5.74, 6) is -0.997. The first kappa shape index (κ1) is 9.38. The second-order valence-corrected chi connectivity index (χ2v) is 2.96. The van der Waals surface area contributed by atoms with Crippen LogP contribution in [0.4, 0.5) is 8.78 Å². The van der Waals surface area contributed by atoms with Crippen LogP contribution < -0.4 is 10.6 Å². The number of carbonyl (C=O) groups is 1. The molecular formula is C7H12F2N2O. The zero-order valence-electron chi connectivity index (χ0n) is 6.81. The number of amides is 1. The molecule has 0 bridgehead atoms. The Labute approximate surface area is 69.5 Å². The number of halogens is 2. The van der Waals surface area contributed by atoms with E-state index in [9.17, 15) is 13.6 Å². The van der Waals surface area contributed by atoms with E-state index in [1.807, 2.05) is 0 Å². The highest BCUT2D eigenvalue weighted by Gasteiger charge is 2.34. The van der Waals surface area contributed by atoms with Gasteiger partial charge >= 0.3 is 0 Å². The minimum atomic E-state index is -2.36. The van der Waals surface area contributed by atoms with Gasteiger partial charge in [0.2, 0.25) is 12.3 Å². The van der Waals surface area contributed by atoms with E-state index in [2.05, 4.69) is 10.6 Å². The van der Waals surface area contributed by atoms with Crippen LogP contribution in [-0.4, -0.2) is 31.5 Å². The lowest BCUT2D eigenvalue weighted by atomic mass is 10.1. The average molecular weight is 178 g/mol. The molecule has 0 radical (unpaired) electrons. The fourth-order valence-electron chi connectivity index (χ4n) is 1.38. The zero-order valence-corrected chi connectivity index (χ0v) is 6.81. The molecule has 0 aromatic carbocycles. The van der Waals surface area contributed by atoms with Crippen molar-refractivity contribution >= 4 is 5.91 Å². The van der Waals surface area contributed by atoms with Crippen LogP contribution in [0.15, 0.2) is 0 Å². The summed E-state index contributed by atoms with van der Waals surface area (Å²) in [6.07, 6.45) is -2.36. The summed E-state index contributed by atoms with van der Waals surface area (Å²) in [5.41, 5.74) is 0. The summed E-state index contributed by atoms with van der Waals surface area (Å²) in [6, 6.07) is -0.414. The van der Waals surface area contributed by atoms with Gasteiger partial charge in [0, 0.05) is 20.0 Å². The van der Waals surface area contributed by atoms with Gasteiger partial charge in [0.25, 0.3) is 0 Å². The maximum Gasteiger partial charge on any atom is 0.244 e. The molecule has 70 valence electrons. The van der Waals surface area contributed by atoms with Gasteiger partial charge in [-0.15, -0.1) is 0 Å². The topological polar surface area (TPSA) is 41.1 Å². The lowest BCUT2D eigenvalue weighted by Gasteiger charge is -2.17. The highest BCUT2D eigenvalue weighted by atomic mass is 19.3. The van der Waals surface area contributed by atoms with Gasteiger partial charge in [-0.25, -0.2) is 8.78 Å². The van der Waals surface area contributed by atoms with Gasteiger partial charge in [-0.1, -0.05) is 0 Å². The molecule has 2 N–H and O–H groups in total. The van der Waals surface area contributed by atoms with Crippen molar-refractivity contribution in [3.8, 4) is 0 Å². The van der Waals surface area contributed by atoms with E-state index in [0.717, 1.165) is 0 Å². The van der Waals surface area contributed by atoms with E-state index in [1.54, 1.807) is 0 Å². The molecule has 1 rings (SSSR count). The summed E-state index contributed by atoms with van der Waals surface area (Å²) in [7, 11) is 0. The van der Waals surface area contributed by atoms with Gasteiger partial charge in [-0.05, 0) is 0 Å². The summed E-state index contributed by atoms with van der Waals surface area (Å²) < 4.78 is 24.5. The van der Waals surface area contributed by atoms with E-state index in [0.29, 0.717) is 6.54 Å². The predicted octanol–water partition coefficient (Wildman–Crippen LogP) is -0.0244. The van der Waals surface area contributed by atoms with Gasteiger partial charge < -0.3 is 10.6 Å². The highest BCUT2D eigenvalue weighted by molar-refractivity contribution is 5.73. The molecule has 0 unspecified atom stereocenters. The largest absolute Gasteiger partial charge is 0.352 e. The van der Waals surface area contributed by atoms with Crippen LogP contribution in [0.25, 0.3) is 0 Å². The molecule has 0 aliphatic carbocycles. The second kappa shape index (κ2) is 3.80. The normalized spacial score (nSPS) is 29.3. The predicted molar refractivity (Wildman–Crippen MR) is 40.0 cm³/mol. The number of alkyl halides is 2. The molecule has 1 heterocycles. The molecule has 12 heavy (non-hydrogen) atoms. The maximum absolute atomic E-state index is 12.2. The highest BCUT2D eigenvalue weighted by Crippen LogP contribution is 2.17. The van der Waals surface area contributed by atoms with Crippen molar-refractivity contribution in [3.63, 3.8) is 0 Å². The molecule has 1 amide bonds. The van der Waals surface area contributed by atoms with Crippen molar-refractivity contribution in [2.24, 2.45) is 5.92 Å². The summed E-state index contributed by atoms with van der Waals surface area (Å²) >= 11 is 0. The van der Waals surface area contributed by atoms with Crippen LogP contribution in [0.3, 0.4) is 0 Å². The standard InChI is InChI=1S/C7H12F2N2O/c1-4(12)11-6-3-10-2-5(6)7(8)9/h5-7,10H,2-3H2,1H3,(H,11,12)/t5-,6-/m1/s1. The van der Waals surface area contributed by atoms with Crippen molar-refractivity contribution in [1.82, 2.24) is 10.6 Å². The van der Waals surface area contributed by atoms with Gasteiger partial charge in [0.05, 0.1) is 12.0 Å². The minimum Gasteiger partial charge on any atom is -0.352 e. The molecule has 0 aromatic rings. The average Bonchev–Trinajstić information content (AvgIpc) is 2.33. The third kappa shape index (κ3) is 2.14. The Hall–Kier alpha value is -0.710. The van der Waals surface area contributed by atoms with E-state index < -0.39 is 18.4 Å². The molecule has 1 aliphatic heterocycles. The number of hydrogen-bond donors (Lipinski definition) is 2. The first-order valence-corrected chi connectivity index (χ1v) is 3.87. The quantitative estimate of drug-likeness (QED) is 0.623. The number of carbonyl (C=O) groups excluding carboxylic acids is 1. The van der Waals surface area contributed by atoms with Crippen LogP contribution >= 0.6 is 0 Å². The molecule has 0 saturated carbocycles. The SMILES string of the molecule is CC(=O)N[C@@H]1CNC[C@H]1C(F)F. The molecule has 1 saturated heterocycles. The minimum absolute atomic E-state index is 0.255. The Balaban J connectivity index is 2.46. The number of nitrogens with one attached hydrogen (secondary N) is 2. The van der Waals surface area contributed by atoms with Crippen LogP contribution in [-0.2, 0) is 4.79 Å². The van der Waals surface area contributed by atoms with E-state index >= 15 is 0 Å². The number of rotatable bonds is 2. The summed E-state index contributed by atoms with van der Waals surface area (Å²) in [6.45, 7) is 2.05. The lowest BCUT2D eigenvalue weighted by Crippen LogP contribution is -2.41. The van der Waals surface area contributed by atoms with E-state index in [-0.39, 0.29) is 12.5 Å². The van der Waals surface area contributed by atoms with Crippen molar-refractivity contribution in [2.45, 2.75) is 19.4 Å². The Morgan fingerprint density at radius 2 is 2.25 bits per heavy atom. The Morgan fingerprint density at radius 3 is 2.75 bits per heavy atom. The maximum atomic E-state index is 12.2. The van der Waals surface area contributed by atoms with Crippen molar-refractivity contribution in [1.29, 1.82) is 0 Å². The van der Waals surface area contributed by atoms with Crippen LogP contribution in [0, 0.1) is 5.92 Å². The van der Waals surface area contributed by atoms with Crippen LogP contribution in [0.5, 0.6) is 0 Å². The van der Waals surface area contributed by atoms with Crippen molar-refractivity contribution < 1.29 is 13.6 Å². The van der Waals surface area contributed by atoms with Gasteiger partial charge in [-0.3, -0.25) is 4.79 Å².